The standard InChI is InChI=1S/C36H21N/c1-2-7-22(8-3-1)23-13-15-24(16-14-23)25-17-20-32-31(21-25)30-19-18-29-27-10-5-4-9-26(27)28-11-6-12-33-34(28)35(29)36(30)37(32)33/h1-21H. The Labute approximate surface area is 213 Å². The van der Waals surface area contributed by atoms with Crippen LogP contribution in [0.4, 0.5) is 0 Å². The molecule has 0 unspecified atom stereocenters. The second-order valence-electron chi connectivity index (χ2n) is 10.1. The second-order valence-corrected chi connectivity index (χ2v) is 10.1. The van der Waals surface area contributed by atoms with Crippen molar-refractivity contribution in [1.29, 1.82) is 0 Å². The second kappa shape index (κ2) is 6.87. The van der Waals surface area contributed by atoms with E-state index in [0.717, 1.165) is 0 Å². The van der Waals surface area contributed by atoms with Crippen molar-refractivity contribution in [2.24, 2.45) is 0 Å². The number of nitrogens with zero attached hydrogens (tertiary/aromatic N) is 1. The minimum atomic E-state index is 1.24. The molecule has 0 aliphatic rings. The molecule has 0 amide bonds. The molecule has 0 atom stereocenters. The molecule has 0 spiro atoms. The molecule has 0 saturated heterocycles. The van der Waals surface area contributed by atoms with Gasteiger partial charge in [-0.25, -0.2) is 0 Å². The van der Waals surface area contributed by atoms with Gasteiger partial charge in [0.05, 0.1) is 16.6 Å². The van der Waals surface area contributed by atoms with Crippen LogP contribution in [-0.2, 0) is 0 Å². The fourth-order valence-corrected chi connectivity index (χ4v) is 6.67. The van der Waals surface area contributed by atoms with Gasteiger partial charge in [-0.05, 0) is 62.0 Å². The van der Waals surface area contributed by atoms with Gasteiger partial charge in [0, 0.05) is 21.5 Å². The monoisotopic (exact) mass is 467 g/mol. The van der Waals surface area contributed by atoms with Crippen LogP contribution in [0.5, 0.6) is 0 Å². The fraction of sp³-hybridized carbons (Fsp3) is 0. The van der Waals surface area contributed by atoms with Crippen LogP contribution in [0.15, 0.2) is 127 Å². The Hall–Kier alpha value is -4.88. The van der Waals surface area contributed by atoms with Crippen molar-refractivity contribution in [3.63, 3.8) is 0 Å². The molecule has 1 nitrogen and oxygen atoms in total. The van der Waals surface area contributed by atoms with Crippen molar-refractivity contribution in [3.8, 4) is 22.3 Å². The number of aromatic nitrogens is 1. The Balaban J connectivity index is 1.33. The fourth-order valence-electron chi connectivity index (χ4n) is 6.67. The van der Waals surface area contributed by atoms with E-state index in [1.807, 2.05) is 0 Å². The number of fused-ring (bicyclic) bond motifs is 7. The maximum absolute atomic E-state index is 2.50. The highest BCUT2D eigenvalue weighted by Gasteiger charge is 2.22. The Morgan fingerprint density at radius 3 is 1.70 bits per heavy atom. The number of hydrogen-bond donors (Lipinski definition) is 0. The van der Waals surface area contributed by atoms with Crippen LogP contribution in [0.1, 0.15) is 0 Å². The summed E-state index contributed by atoms with van der Waals surface area (Å²) in [5, 5.41) is 10.8. The molecule has 2 aromatic heterocycles. The first kappa shape index (κ1) is 19.3. The van der Waals surface area contributed by atoms with Crippen LogP contribution in [-0.4, -0.2) is 4.40 Å². The molecule has 7 aromatic carbocycles. The summed E-state index contributed by atoms with van der Waals surface area (Å²) in [7, 11) is 0. The van der Waals surface area contributed by atoms with E-state index < -0.39 is 0 Å². The third-order valence-electron chi connectivity index (χ3n) is 8.30. The topological polar surface area (TPSA) is 4.41 Å². The lowest BCUT2D eigenvalue weighted by Crippen LogP contribution is -1.84. The number of rotatable bonds is 2. The molecule has 9 aromatic rings. The Morgan fingerprint density at radius 2 is 0.919 bits per heavy atom. The zero-order valence-electron chi connectivity index (χ0n) is 20.1. The molecule has 170 valence electrons. The average Bonchev–Trinajstić information content (AvgIpc) is 3.50. The van der Waals surface area contributed by atoms with E-state index in [0.29, 0.717) is 0 Å². The molecule has 1 heteroatoms. The molecular formula is C36H21N. The molecule has 0 aliphatic heterocycles. The lowest BCUT2D eigenvalue weighted by Gasteiger charge is -2.09. The third kappa shape index (κ3) is 2.43. The highest BCUT2D eigenvalue weighted by Crippen LogP contribution is 2.47. The lowest BCUT2D eigenvalue weighted by molar-refractivity contribution is 1.37. The van der Waals surface area contributed by atoms with Gasteiger partial charge in [0.15, 0.2) is 0 Å². The first-order chi connectivity index (χ1) is 18.4. The summed E-state index contributed by atoms with van der Waals surface area (Å²) < 4.78 is 2.50. The summed E-state index contributed by atoms with van der Waals surface area (Å²) in [6, 6.07) is 46.8. The van der Waals surface area contributed by atoms with Crippen molar-refractivity contribution >= 4 is 59.6 Å². The predicted molar refractivity (Wildman–Crippen MR) is 158 cm³/mol. The van der Waals surface area contributed by atoms with Gasteiger partial charge in [0.25, 0.3) is 0 Å². The lowest BCUT2D eigenvalue weighted by atomic mass is 9.93. The molecule has 2 heterocycles. The molecule has 9 rings (SSSR count). The Morgan fingerprint density at radius 1 is 0.324 bits per heavy atom. The van der Waals surface area contributed by atoms with Gasteiger partial charge < -0.3 is 4.40 Å². The Bertz CT molecular complexity index is 2270. The normalized spacial score (nSPS) is 12.3. The van der Waals surface area contributed by atoms with Crippen LogP contribution < -0.4 is 0 Å². The maximum atomic E-state index is 2.50. The van der Waals surface area contributed by atoms with Gasteiger partial charge in [-0.15, -0.1) is 0 Å². The SMILES string of the molecule is c1ccc(-c2ccc(-c3ccc4c(c3)c3ccc5c6ccccc6c6cccc7c6c5c3n47)cc2)cc1. The van der Waals surface area contributed by atoms with Gasteiger partial charge in [0.2, 0.25) is 0 Å². The third-order valence-corrected chi connectivity index (χ3v) is 8.30. The maximum Gasteiger partial charge on any atom is 0.0626 e. The molecular weight excluding hydrogens is 446 g/mol. The van der Waals surface area contributed by atoms with Gasteiger partial charge in [-0.1, -0.05) is 109 Å². The summed E-state index contributed by atoms with van der Waals surface area (Å²) in [4.78, 5) is 0. The summed E-state index contributed by atoms with van der Waals surface area (Å²) in [6.45, 7) is 0. The minimum Gasteiger partial charge on any atom is -0.308 e. The quantitative estimate of drug-likeness (QED) is 0.223. The van der Waals surface area contributed by atoms with Crippen molar-refractivity contribution < 1.29 is 0 Å². The molecule has 37 heavy (non-hydrogen) atoms. The van der Waals surface area contributed by atoms with Crippen LogP contribution >= 0.6 is 0 Å². The predicted octanol–water partition coefficient (Wildman–Crippen LogP) is 9.91. The van der Waals surface area contributed by atoms with Crippen LogP contribution in [0.25, 0.3) is 81.9 Å². The molecule has 0 N–H and O–H groups in total. The zero-order valence-corrected chi connectivity index (χ0v) is 20.1. The van der Waals surface area contributed by atoms with Gasteiger partial charge >= 0.3 is 0 Å². The summed E-state index contributed by atoms with van der Waals surface area (Å²) >= 11 is 0. The average molecular weight is 468 g/mol. The molecule has 0 bridgehead atoms. The van der Waals surface area contributed by atoms with Crippen LogP contribution in [0.3, 0.4) is 0 Å². The smallest absolute Gasteiger partial charge is 0.0626 e. The van der Waals surface area contributed by atoms with E-state index >= 15 is 0 Å². The molecule has 0 fully saturated rings. The van der Waals surface area contributed by atoms with E-state index in [9.17, 15) is 0 Å². The van der Waals surface area contributed by atoms with E-state index in [-0.39, 0.29) is 0 Å². The van der Waals surface area contributed by atoms with Crippen molar-refractivity contribution in [2.45, 2.75) is 0 Å². The number of hydrogen-bond acceptors (Lipinski definition) is 0. The first-order valence-electron chi connectivity index (χ1n) is 12.9. The van der Waals surface area contributed by atoms with Crippen LogP contribution in [0.2, 0.25) is 0 Å². The minimum absolute atomic E-state index is 1.24. The highest BCUT2D eigenvalue weighted by atomic mass is 14.9. The van der Waals surface area contributed by atoms with Gasteiger partial charge in [-0.3, -0.25) is 0 Å². The summed E-state index contributed by atoms with van der Waals surface area (Å²) in [6.07, 6.45) is 0. The summed E-state index contributed by atoms with van der Waals surface area (Å²) in [5.74, 6) is 0. The van der Waals surface area contributed by atoms with Gasteiger partial charge in [-0.2, -0.15) is 0 Å². The number of benzene rings is 7. The Kier molecular flexibility index (Phi) is 3.59. The van der Waals surface area contributed by atoms with E-state index in [1.54, 1.807) is 0 Å². The van der Waals surface area contributed by atoms with Gasteiger partial charge in [0.1, 0.15) is 0 Å². The highest BCUT2D eigenvalue weighted by molar-refractivity contribution is 6.38. The van der Waals surface area contributed by atoms with Crippen molar-refractivity contribution in [2.75, 3.05) is 0 Å². The van der Waals surface area contributed by atoms with E-state index in [1.165, 1.54) is 81.9 Å². The zero-order chi connectivity index (χ0) is 24.1. The molecule has 0 aliphatic carbocycles. The van der Waals surface area contributed by atoms with Crippen molar-refractivity contribution in [1.82, 2.24) is 4.40 Å². The first-order valence-corrected chi connectivity index (χ1v) is 12.9. The molecule has 0 saturated carbocycles. The van der Waals surface area contributed by atoms with E-state index in [4.69, 9.17) is 0 Å². The van der Waals surface area contributed by atoms with Crippen molar-refractivity contribution in [3.05, 3.63) is 127 Å². The molecule has 0 radical (unpaired) electrons. The van der Waals surface area contributed by atoms with Crippen LogP contribution in [0, 0.1) is 0 Å². The van der Waals surface area contributed by atoms with E-state index in [2.05, 4.69) is 132 Å². The summed E-state index contributed by atoms with van der Waals surface area (Å²) in [5.41, 5.74) is 8.92. The largest absolute Gasteiger partial charge is 0.308 e.